The normalized spacial score (nSPS) is 12.6. The molecule has 0 saturated carbocycles. The molecule has 0 radical (unpaired) electrons. The maximum Gasteiger partial charge on any atom is 0.135 e. The molecule has 0 unspecified atom stereocenters. The van der Waals surface area contributed by atoms with Gasteiger partial charge in [-0.1, -0.05) is 539 Å². The van der Waals surface area contributed by atoms with Crippen molar-refractivity contribution in [1.29, 1.82) is 0 Å². The molecule has 0 bridgehead atoms. The molecule has 6 aliphatic carbocycles. The molecule has 0 saturated heterocycles. The first kappa shape index (κ1) is 91.2. The summed E-state index contributed by atoms with van der Waals surface area (Å²) in [5.74, 6) is 0. The topological polar surface area (TPSA) is 18.1 Å². The van der Waals surface area contributed by atoms with Gasteiger partial charge in [-0.3, -0.25) is 0 Å². The Morgan fingerprint density at radius 1 is 0.214 bits per heavy atom. The summed E-state index contributed by atoms with van der Waals surface area (Å²) in [6.45, 7) is 37.4. The van der Waals surface area contributed by atoms with Crippen LogP contribution in [0.1, 0.15) is 268 Å². The van der Waals surface area contributed by atoms with Crippen molar-refractivity contribution in [3.8, 4) is 72.4 Å². The van der Waals surface area contributed by atoms with E-state index in [9.17, 15) is 0 Å². The molecule has 19 aromatic carbocycles. The standard InChI is InChI=1S/3C27H20.C18H13N.C12H8O.C12H8S.6C2H6.7CH4.8H2/c1-17-9-7-13-21-19-11-3-5-15-23(19)27(25(17)21)24-16-6-4-12-20(24)22-14-8-10-18(2)26(22)27;1-17-11-13-21-19-7-3-5-9-23(19)27(25(21)15-17)24-10-6-4-8-20(24)22-14-12-18(2)16-26(22)27;1-17-11-13-21-22-14-12-18(2)16-26(22)27(25(21)15-17)23-9-5-3-7-19(23)20-8-4-6-10-24(20)27;1-2-8-14(9-3-1)19-17-12-6-4-10-15(17)16-11-5-7-13-18(16)19;2*1-3-7-11-9(5-1)10-6-2-4-8-12(10)13-11;6*1-2;;;;;;;;;;;;;;;/h3*3-16H,1-2H3;1-13H;2*1-8H;6*1-2H3;7*1H4;8*1H/i;;;;;;;;;;;;7*1D;8*1+1D. The van der Waals surface area contributed by atoms with E-state index in [0.717, 1.165) is 11.2 Å². The van der Waals surface area contributed by atoms with E-state index in [-0.39, 0.29) is 16.2 Å². The second kappa shape index (κ2) is 48.9. The van der Waals surface area contributed by atoms with E-state index in [2.05, 4.69) is 440 Å². The predicted molar refractivity (Wildman–Crippen MR) is 663 cm³/mol. The van der Waals surface area contributed by atoms with Gasteiger partial charge in [0.2, 0.25) is 0 Å². The average Bonchev–Trinajstić information content (AvgIpc) is 1.50. The first-order valence-electron chi connectivity index (χ1n) is 65.0. The number of aryl methyl sites for hydroxylation is 6. The lowest BCUT2D eigenvalue weighted by Gasteiger charge is -2.32. The first-order chi connectivity index (χ1) is 83.0. The van der Waals surface area contributed by atoms with Crippen molar-refractivity contribution >= 4 is 75.3 Å². The highest BCUT2D eigenvalue weighted by Gasteiger charge is 2.55. The van der Waals surface area contributed by atoms with E-state index in [1.165, 1.54) is 277 Å². The molecule has 3 heteroatoms. The van der Waals surface area contributed by atoms with Crippen molar-refractivity contribution in [2.45, 2.75) is 193 Å². The Hall–Kier alpha value is -15.0. The minimum Gasteiger partial charge on any atom is -0.456 e. The van der Waals surface area contributed by atoms with Crippen LogP contribution in [-0.2, 0) is 16.2 Å². The summed E-state index contributed by atoms with van der Waals surface area (Å²) in [6, 6.07) is 156. The Morgan fingerprint density at radius 3 is 0.752 bits per heavy atom. The summed E-state index contributed by atoms with van der Waals surface area (Å²) < 4.78 is 131. The molecule has 754 valence electrons. The Morgan fingerprint density at radius 2 is 0.441 bits per heavy atom. The number of nitrogens with zero attached hydrogens (tertiary/aromatic N) is 1. The lowest BCUT2D eigenvalue weighted by molar-refractivity contribution is 0.669. The van der Waals surface area contributed by atoms with Crippen LogP contribution >= 0.6 is 11.3 Å². The van der Waals surface area contributed by atoms with Gasteiger partial charge in [0.25, 0.3) is 0 Å². The summed E-state index contributed by atoms with van der Waals surface area (Å²) in [4.78, 5) is 0. The number of fused-ring (bicyclic) bond motifs is 39. The van der Waals surface area contributed by atoms with Crippen molar-refractivity contribution in [3.63, 3.8) is 0 Å². The second-order valence-corrected chi connectivity index (χ2v) is 35.7. The number of para-hydroxylation sites is 5. The van der Waals surface area contributed by atoms with Crippen molar-refractivity contribution in [3.05, 3.63) is 531 Å². The van der Waals surface area contributed by atoms with Crippen LogP contribution in [0.2, 0.25) is 0 Å². The van der Waals surface area contributed by atoms with E-state index >= 15 is 0 Å². The molecule has 0 fully saturated rings. The maximum atomic E-state index is 5.75. The number of benzene rings is 19. The third kappa shape index (κ3) is 18.8. The largest absolute Gasteiger partial charge is 0.456 e. The highest BCUT2D eigenvalue weighted by Crippen LogP contribution is 2.67. The second-order valence-electron chi connectivity index (χ2n) is 34.6. The number of hydrogen-bond acceptors (Lipinski definition) is 2. The number of rotatable bonds is 1. The van der Waals surface area contributed by atoms with Gasteiger partial charge < -0.3 is 8.98 Å². The third-order valence-corrected chi connectivity index (χ3v) is 28.7. The molecule has 0 atom stereocenters. The molecule has 3 heterocycles. The molecule has 3 spiro atoms. The molecule has 2 nitrogen and oxygen atoms in total. The van der Waals surface area contributed by atoms with Crippen molar-refractivity contribution in [1.82, 2.24) is 4.57 Å². The summed E-state index contributed by atoms with van der Waals surface area (Å²) in [7, 11) is 8.75. The van der Waals surface area contributed by atoms with Crippen LogP contribution in [0, 0.1) is 41.5 Å². The quantitative estimate of drug-likeness (QED) is 0.160. The number of aromatic nitrogens is 1. The lowest BCUT2D eigenvalue weighted by atomic mass is 9.68. The molecule has 0 amide bonds. The van der Waals surface area contributed by atoms with Crippen LogP contribution < -0.4 is 0 Å². The van der Waals surface area contributed by atoms with Crippen LogP contribution in [0.4, 0.5) is 0 Å². The van der Waals surface area contributed by atoms with Crippen LogP contribution in [0.15, 0.2) is 435 Å². The molecular formula is C142H169NOS. The lowest BCUT2D eigenvalue weighted by Crippen LogP contribution is -2.27. The molecular weight excluding hydrogens is 1770 g/mol. The zero-order chi connectivity index (χ0) is 127. The van der Waals surface area contributed by atoms with Gasteiger partial charge in [-0.05, 0) is 235 Å². The molecule has 0 aliphatic heterocycles. The molecule has 6 aliphatic rings. The van der Waals surface area contributed by atoms with Crippen molar-refractivity contribution in [2.24, 2.45) is 0 Å². The SMILES string of the molecule is CC.CC.CC.CC.CC.CC.Cc1ccc2c(c1)C1(c3ccccc3-2)c2ccccc2-c2ccc(C)cc21.Cc1ccc2c(c1)C1(c3ccccc3-c3ccccc31)c1cc(C)ccc1-2.Cc1cccc2c1C1(c3ccccc3-2)c2ccccc2-c2cccc(C)c21.[2H]C.[2H]C.[2H]C.[2H]C.[2H]C.[2H]C.[2H]C.[2H][2H].[2H][2H].[2H][2H].[2H][2H].[2H][2H].[2H][2H].[2H][2H].[2H][2H].c1ccc(-n2c3ccccc3c3ccccc32)cc1.c1ccc2c(c1)oc1ccccc12.c1ccc2c(c1)sc1ccccc12. The smallest absolute Gasteiger partial charge is 0.135 e. The minimum absolute atomic E-state index is 0.199. The monoisotopic (exact) mass is 1960 g/mol. The Labute approximate surface area is 908 Å². The van der Waals surface area contributed by atoms with Gasteiger partial charge in [0.1, 0.15) is 11.2 Å². The summed E-state index contributed by atoms with van der Waals surface area (Å²) >= 11 is 1.86. The molecule has 3 aromatic heterocycles. The van der Waals surface area contributed by atoms with Gasteiger partial charge in [0.15, 0.2) is 0 Å². The molecule has 28 rings (SSSR count). The predicted octanol–water partition coefficient (Wildman–Crippen LogP) is 44.9. The van der Waals surface area contributed by atoms with Gasteiger partial charge in [0.05, 0.1) is 27.3 Å². The molecule has 0 N–H and O–H groups in total. The van der Waals surface area contributed by atoms with Crippen LogP contribution in [0.3, 0.4) is 0 Å². The fourth-order valence-corrected chi connectivity index (χ4v) is 23.6. The molecule has 145 heavy (non-hydrogen) atoms. The number of furan rings is 1. The van der Waals surface area contributed by atoms with Crippen LogP contribution in [0.25, 0.3) is 136 Å². The fraction of sp³-hybridized carbons (Fsp3) is 0.197. The maximum absolute atomic E-state index is 5.75. The Balaban J connectivity index is 0.000000647. The van der Waals surface area contributed by atoms with Gasteiger partial charge >= 0.3 is 0 Å². The van der Waals surface area contributed by atoms with E-state index in [0.29, 0.717) is 0 Å². The van der Waals surface area contributed by atoms with Crippen molar-refractivity contribution < 1.29 is 37.8 Å². The number of thiophene rings is 1. The van der Waals surface area contributed by atoms with E-state index in [1.54, 1.807) is 0 Å². The highest BCUT2D eigenvalue weighted by atomic mass is 32.1. The Bertz CT molecular complexity index is 7630. The summed E-state index contributed by atoms with van der Waals surface area (Å²) in [5.41, 5.74) is 46.8. The summed E-state index contributed by atoms with van der Waals surface area (Å²) in [5, 5.41) is 7.76. The zero-order valence-electron chi connectivity index (χ0n) is 113. The van der Waals surface area contributed by atoms with E-state index in [1.807, 2.05) is 131 Å². The van der Waals surface area contributed by atoms with Crippen LogP contribution in [-0.4, -0.2) is 4.57 Å². The van der Waals surface area contributed by atoms with E-state index in [4.69, 9.17) is 37.8 Å². The van der Waals surface area contributed by atoms with Crippen LogP contribution in [0.5, 0.6) is 0 Å². The summed E-state index contributed by atoms with van der Waals surface area (Å²) in [6.07, 6.45) is 0. The van der Waals surface area contributed by atoms with Gasteiger partial charge in [0, 0.05) is 80.8 Å². The fourth-order valence-electron chi connectivity index (χ4n) is 22.5. The van der Waals surface area contributed by atoms with Gasteiger partial charge in [-0.2, -0.15) is 0 Å². The third-order valence-electron chi connectivity index (χ3n) is 27.5. The Kier molecular flexibility index (Phi) is 30.7. The zero-order valence-corrected chi connectivity index (χ0v) is 91.1. The first-order valence-corrected chi connectivity index (χ1v) is 50.8. The van der Waals surface area contributed by atoms with Gasteiger partial charge in [-0.25, -0.2) is 0 Å². The number of hydrogen-bond donors (Lipinski definition) is 0. The van der Waals surface area contributed by atoms with E-state index < -0.39 is 0 Å². The average molecular weight is 1960 g/mol. The van der Waals surface area contributed by atoms with Crippen molar-refractivity contribution in [2.75, 3.05) is 0 Å². The van der Waals surface area contributed by atoms with Gasteiger partial charge in [-0.15, -0.1) is 11.3 Å². The molecule has 22 aromatic rings. The highest BCUT2D eigenvalue weighted by molar-refractivity contribution is 7.25. The minimum atomic E-state index is -0.200.